The molecule has 3 amide bonds. The first kappa shape index (κ1) is 22.5. The van der Waals surface area contributed by atoms with Crippen LogP contribution < -0.4 is 20.9 Å². The molecule has 3 rings (SSSR count). The second-order valence-corrected chi connectivity index (χ2v) is 7.23. The van der Waals surface area contributed by atoms with E-state index in [1.54, 1.807) is 25.3 Å². The zero-order valence-electron chi connectivity index (χ0n) is 17.3. The zero-order valence-corrected chi connectivity index (χ0v) is 17.3. The van der Waals surface area contributed by atoms with Crippen molar-refractivity contribution >= 4 is 29.0 Å². The molecule has 31 heavy (non-hydrogen) atoms. The Balaban J connectivity index is 1.77. The molecule has 0 atom stereocenters. The molecule has 0 aliphatic carbocycles. The number of hydrogen-bond donors (Lipinski definition) is 3. The van der Waals surface area contributed by atoms with Crippen molar-refractivity contribution in [3.63, 3.8) is 0 Å². The highest BCUT2D eigenvalue weighted by Crippen LogP contribution is 2.27. The van der Waals surface area contributed by atoms with Gasteiger partial charge in [0.05, 0.1) is 17.9 Å². The van der Waals surface area contributed by atoms with Crippen LogP contribution in [0.15, 0.2) is 36.4 Å². The predicted molar refractivity (Wildman–Crippen MR) is 116 cm³/mol. The molecule has 0 bridgehead atoms. The lowest BCUT2D eigenvalue weighted by atomic mass is 10.1. The van der Waals surface area contributed by atoms with Crippen LogP contribution in [0.3, 0.4) is 0 Å². The highest BCUT2D eigenvalue weighted by Gasteiger charge is 2.20. The van der Waals surface area contributed by atoms with Gasteiger partial charge in [0.1, 0.15) is 11.6 Å². The molecule has 2 aromatic rings. The Morgan fingerprint density at radius 3 is 2.52 bits per heavy atom. The van der Waals surface area contributed by atoms with Gasteiger partial charge in [-0.2, -0.15) is 0 Å². The number of hydrogen-bond acceptors (Lipinski definition) is 4. The fourth-order valence-corrected chi connectivity index (χ4v) is 3.44. The van der Waals surface area contributed by atoms with Crippen LogP contribution in [0.5, 0.6) is 0 Å². The lowest BCUT2D eigenvalue weighted by Gasteiger charge is -2.30. The highest BCUT2D eigenvalue weighted by molar-refractivity contribution is 6.04. The topological polar surface area (TPSA) is 82.7 Å². The first-order valence-corrected chi connectivity index (χ1v) is 10.2. The molecular weight excluding hydrogens is 406 g/mol. The number of amides is 3. The number of rotatable bonds is 7. The minimum absolute atomic E-state index is 0.152. The third-order valence-electron chi connectivity index (χ3n) is 4.97. The number of nitrogens with zero attached hydrogens (tertiary/aromatic N) is 1. The normalized spacial score (nSPS) is 13.6. The van der Waals surface area contributed by atoms with Gasteiger partial charge in [-0.05, 0) is 49.6 Å². The fraction of sp³-hybridized carbons (Fsp3) is 0.364. The Morgan fingerprint density at radius 2 is 1.81 bits per heavy atom. The molecule has 166 valence electrons. The Morgan fingerprint density at radius 1 is 1.03 bits per heavy atom. The molecule has 0 aromatic heterocycles. The maximum absolute atomic E-state index is 13.8. The molecule has 1 aliphatic heterocycles. The second-order valence-electron chi connectivity index (χ2n) is 7.23. The molecule has 9 heteroatoms. The third-order valence-corrected chi connectivity index (χ3v) is 4.97. The number of piperidine rings is 1. The van der Waals surface area contributed by atoms with Gasteiger partial charge < -0.3 is 25.6 Å². The molecule has 0 unspecified atom stereocenters. The van der Waals surface area contributed by atoms with E-state index in [0.29, 0.717) is 30.5 Å². The number of urea groups is 1. The van der Waals surface area contributed by atoms with Crippen LogP contribution >= 0.6 is 0 Å². The van der Waals surface area contributed by atoms with E-state index in [1.165, 1.54) is 0 Å². The molecule has 1 aliphatic rings. The number of ether oxygens (including phenoxy) is 1. The number of carbonyl (C=O) groups excluding carboxylic acids is 2. The van der Waals surface area contributed by atoms with Gasteiger partial charge in [-0.15, -0.1) is 0 Å². The van der Waals surface area contributed by atoms with Crippen LogP contribution in [0, 0.1) is 11.6 Å². The average molecular weight is 432 g/mol. The van der Waals surface area contributed by atoms with Crippen LogP contribution in [0.25, 0.3) is 0 Å². The van der Waals surface area contributed by atoms with E-state index in [9.17, 15) is 18.4 Å². The second kappa shape index (κ2) is 10.7. The van der Waals surface area contributed by atoms with E-state index < -0.39 is 17.7 Å². The Kier molecular flexibility index (Phi) is 7.77. The monoisotopic (exact) mass is 432 g/mol. The van der Waals surface area contributed by atoms with E-state index in [4.69, 9.17) is 4.74 Å². The van der Waals surface area contributed by atoms with Gasteiger partial charge in [-0.3, -0.25) is 4.79 Å². The number of benzene rings is 2. The summed E-state index contributed by atoms with van der Waals surface area (Å²) in [5.41, 5.74) is 1.45. The summed E-state index contributed by atoms with van der Waals surface area (Å²) < 4.78 is 31.8. The zero-order chi connectivity index (χ0) is 22.2. The van der Waals surface area contributed by atoms with Crippen molar-refractivity contribution in [1.29, 1.82) is 0 Å². The summed E-state index contributed by atoms with van der Waals surface area (Å²) in [4.78, 5) is 27.2. The summed E-state index contributed by atoms with van der Waals surface area (Å²) in [6.07, 6.45) is 3.26. The maximum Gasteiger partial charge on any atom is 0.323 e. The molecule has 0 spiro atoms. The van der Waals surface area contributed by atoms with Gasteiger partial charge >= 0.3 is 6.03 Å². The van der Waals surface area contributed by atoms with E-state index in [1.807, 2.05) is 0 Å². The Bertz CT molecular complexity index is 933. The lowest BCUT2D eigenvalue weighted by Crippen LogP contribution is -2.33. The molecule has 3 N–H and O–H groups in total. The summed E-state index contributed by atoms with van der Waals surface area (Å²) >= 11 is 0. The van der Waals surface area contributed by atoms with E-state index >= 15 is 0 Å². The molecule has 7 nitrogen and oxygen atoms in total. The van der Waals surface area contributed by atoms with E-state index in [-0.39, 0.29) is 11.6 Å². The highest BCUT2D eigenvalue weighted by atomic mass is 19.1. The van der Waals surface area contributed by atoms with Crippen molar-refractivity contribution < 1.29 is 23.1 Å². The number of halogens is 2. The maximum atomic E-state index is 13.8. The van der Waals surface area contributed by atoms with Gasteiger partial charge in [0, 0.05) is 44.2 Å². The van der Waals surface area contributed by atoms with E-state index in [2.05, 4.69) is 20.9 Å². The van der Waals surface area contributed by atoms with Gasteiger partial charge in [0.2, 0.25) is 0 Å². The van der Waals surface area contributed by atoms with Crippen LogP contribution in [0.1, 0.15) is 29.6 Å². The average Bonchev–Trinajstić information content (AvgIpc) is 2.76. The van der Waals surface area contributed by atoms with E-state index in [0.717, 1.165) is 50.2 Å². The largest absolute Gasteiger partial charge is 0.383 e. The molecule has 0 saturated carbocycles. The Hall–Kier alpha value is -3.20. The van der Waals surface area contributed by atoms with Gasteiger partial charge in [0.15, 0.2) is 0 Å². The molecule has 1 heterocycles. The third kappa shape index (κ3) is 6.14. The summed E-state index contributed by atoms with van der Waals surface area (Å²) in [6, 6.07) is 7.24. The Labute approximate surface area is 179 Å². The minimum atomic E-state index is -0.881. The molecule has 1 fully saturated rings. The summed E-state index contributed by atoms with van der Waals surface area (Å²) in [5, 5.41) is 7.73. The number of carbonyl (C=O) groups is 2. The molecule has 1 saturated heterocycles. The summed E-state index contributed by atoms with van der Waals surface area (Å²) in [7, 11) is 1.55. The smallest absolute Gasteiger partial charge is 0.323 e. The molecule has 0 radical (unpaired) electrons. The summed E-state index contributed by atoms with van der Waals surface area (Å²) in [5.74, 6) is -1.89. The van der Waals surface area contributed by atoms with Crippen molar-refractivity contribution in [2.75, 3.05) is 48.9 Å². The predicted octanol–water partition coefficient (Wildman–Crippen LogP) is 3.98. The van der Waals surface area contributed by atoms with Crippen LogP contribution in [0.2, 0.25) is 0 Å². The molecule has 2 aromatic carbocycles. The van der Waals surface area contributed by atoms with Crippen molar-refractivity contribution in [2.24, 2.45) is 0 Å². The van der Waals surface area contributed by atoms with Crippen molar-refractivity contribution in [3.8, 4) is 0 Å². The lowest BCUT2D eigenvalue weighted by molar-refractivity contribution is 0.0937. The minimum Gasteiger partial charge on any atom is -0.383 e. The first-order chi connectivity index (χ1) is 15.0. The van der Waals surface area contributed by atoms with Crippen molar-refractivity contribution in [2.45, 2.75) is 19.3 Å². The first-order valence-electron chi connectivity index (χ1n) is 10.2. The quantitative estimate of drug-likeness (QED) is 0.578. The number of methoxy groups -OCH3 is 1. The van der Waals surface area contributed by atoms with Gasteiger partial charge in [0.25, 0.3) is 5.91 Å². The molecular formula is C22H26F2N4O3. The number of nitrogens with one attached hydrogen (secondary N) is 3. The van der Waals surface area contributed by atoms with Crippen LogP contribution in [-0.4, -0.2) is 45.3 Å². The SMILES string of the molecule is COCCNC(=O)c1cc(NC(=O)Nc2ccc(F)cc2F)ccc1N1CCCCC1. The summed E-state index contributed by atoms with van der Waals surface area (Å²) in [6.45, 7) is 2.45. The fourth-order valence-electron chi connectivity index (χ4n) is 3.44. The van der Waals surface area contributed by atoms with Gasteiger partial charge in [-0.1, -0.05) is 0 Å². The van der Waals surface area contributed by atoms with Crippen molar-refractivity contribution in [3.05, 3.63) is 53.6 Å². The van der Waals surface area contributed by atoms with Crippen molar-refractivity contribution in [1.82, 2.24) is 5.32 Å². The van der Waals surface area contributed by atoms with Crippen LogP contribution in [0.4, 0.5) is 30.6 Å². The standard InChI is InChI=1S/C22H26F2N4O3/c1-31-12-9-25-21(29)17-14-16(6-8-20(17)28-10-3-2-4-11-28)26-22(30)27-19-7-5-15(23)13-18(19)24/h5-8,13-14H,2-4,9-12H2,1H3,(H,25,29)(H2,26,27,30). The number of anilines is 3. The van der Waals surface area contributed by atoms with Crippen LogP contribution in [-0.2, 0) is 4.74 Å². The van der Waals surface area contributed by atoms with Gasteiger partial charge in [-0.25, -0.2) is 13.6 Å².